The van der Waals surface area contributed by atoms with Crippen LogP contribution >= 0.6 is 0 Å². The van der Waals surface area contributed by atoms with Crippen LogP contribution in [0.25, 0.3) is 60.6 Å². The lowest BCUT2D eigenvalue weighted by Gasteiger charge is -2.07. The zero-order valence-corrected chi connectivity index (χ0v) is 19.4. The van der Waals surface area contributed by atoms with Crippen molar-refractivity contribution in [3.63, 3.8) is 0 Å². The normalized spacial score (nSPS) is 13.4. The predicted molar refractivity (Wildman–Crippen MR) is 139 cm³/mol. The maximum absolute atomic E-state index is 9.63. The molecule has 7 rings (SSSR count). The van der Waals surface area contributed by atoms with Gasteiger partial charge in [-0.1, -0.05) is 48.5 Å². The van der Waals surface area contributed by atoms with Crippen molar-refractivity contribution in [2.45, 2.75) is 0 Å². The van der Waals surface area contributed by atoms with Crippen molar-refractivity contribution in [1.29, 1.82) is 15.8 Å². The van der Waals surface area contributed by atoms with E-state index in [-0.39, 0.29) is 11.3 Å². The van der Waals surface area contributed by atoms with Gasteiger partial charge in [-0.2, -0.15) is 10.5 Å². The third kappa shape index (κ3) is 2.69. The van der Waals surface area contributed by atoms with Crippen LogP contribution in [0.1, 0.15) is 22.5 Å². The molecule has 0 fully saturated rings. The van der Waals surface area contributed by atoms with Gasteiger partial charge in [-0.3, -0.25) is 0 Å². The van der Waals surface area contributed by atoms with E-state index in [9.17, 15) is 15.8 Å². The summed E-state index contributed by atoms with van der Waals surface area (Å²) in [6, 6.07) is 24.5. The molecular weight excluding hydrogens is 472 g/mol. The van der Waals surface area contributed by atoms with Crippen LogP contribution in [0.15, 0.2) is 71.9 Å². The van der Waals surface area contributed by atoms with Gasteiger partial charge in [0.15, 0.2) is 0 Å². The molecule has 8 heteroatoms. The van der Waals surface area contributed by atoms with Crippen molar-refractivity contribution in [3.05, 3.63) is 106 Å². The Kier molecular flexibility index (Phi) is 4.24. The van der Waals surface area contributed by atoms with E-state index in [2.05, 4.69) is 4.85 Å². The van der Waals surface area contributed by atoms with Gasteiger partial charge in [0.1, 0.15) is 17.7 Å². The molecule has 0 saturated heterocycles. The highest BCUT2D eigenvalue weighted by Gasteiger charge is 2.31. The molecule has 3 aromatic carbocycles. The second-order valence-electron chi connectivity index (χ2n) is 8.68. The fourth-order valence-corrected chi connectivity index (χ4v) is 5.17. The van der Waals surface area contributed by atoms with Gasteiger partial charge in [-0.15, -0.1) is 0 Å². The molecule has 8 nitrogen and oxygen atoms in total. The SMILES string of the molecule is [C-]#[N+]/C(C#N)=C1\c2ccccc2-c2nc3cc4nc5c(nc4cc3nc21)C(=C(C#N)C#N)c1ccccc1-5. The molecule has 0 aliphatic heterocycles. The molecule has 0 N–H and O–H groups in total. The maximum Gasteiger partial charge on any atom is 0.271 e. The number of aromatic nitrogens is 4. The Morgan fingerprint density at radius 2 is 1.00 bits per heavy atom. The van der Waals surface area contributed by atoms with Crippen molar-refractivity contribution in [3.8, 4) is 40.7 Å². The van der Waals surface area contributed by atoms with Crippen molar-refractivity contribution in [2.24, 2.45) is 0 Å². The number of hydrogen-bond acceptors (Lipinski definition) is 7. The molecule has 2 aliphatic rings. The number of benzene rings is 3. The van der Waals surface area contributed by atoms with Gasteiger partial charge in [0.25, 0.3) is 5.70 Å². The minimum Gasteiger partial charge on any atom is -0.245 e. The molecule has 0 amide bonds. The van der Waals surface area contributed by atoms with Crippen molar-refractivity contribution in [2.75, 3.05) is 0 Å². The summed E-state index contributed by atoms with van der Waals surface area (Å²) in [5, 5.41) is 28.9. The number of nitrogens with zero attached hydrogens (tertiary/aromatic N) is 8. The average molecular weight is 482 g/mol. The molecule has 2 aromatic heterocycles. The highest BCUT2D eigenvalue weighted by Crippen LogP contribution is 2.46. The summed E-state index contributed by atoms with van der Waals surface area (Å²) in [5.41, 5.74) is 8.37. The first-order valence-electron chi connectivity index (χ1n) is 11.5. The second kappa shape index (κ2) is 7.64. The largest absolute Gasteiger partial charge is 0.271 e. The highest BCUT2D eigenvalue weighted by atomic mass is 14.9. The third-order valence-corrected chi connectivity index (χ3v) is 6.75. The number of hydrogen-bond donors (Lipinski definition) is 0. The van der Waals surface area contributed by atoms with Gasteiger partial charge in [0, 0.05) is 22.3 Å². The van der Waals surface area contributed by atoms with E-state index >= 15 is 0 Å². The fourth-order valence-electron chi connectivity index (χ4n) is 5.17. The molecule has 0 unspecified atom stereocenters. The molecule has 0 spiro atoms. The molecule has 2 heterocycles. The average Bonchev–Trinajstić information content (AvgIpc) is 3.44. The molecule has 0 bridgehead atoms. The van der Waals surface area contributed by atoms with E-state index in [1.807, 2.05) is 72.8 Å². The topological polar surface area (TPSA) is 127 Å². The summed E-state index contributed by atoms with van der Waals surface area (Å²) in [5.74, 6) is 0. The Morgan fingerprint density at radius 3 is 1.45 bits per heavy atom. The van der Waals surface area contributed by atoms with Gasteiger partial charge in [-0.05, 0) is 23.3 Å². The molecule has 2 aliphatic carbocycles. The minimum atomic E-state index is -0.0451. The van der Waals surface area contributed by atoms with E-state index < -0.39 is 0 Å². The molecule has 38 heavy (non-hydrogen) atoms. The first-order valence-corrected chi connectivity index (χ1v) is 11.5. The summed E-state index contributed by atoms with van der Waals surface area (Å²) in [7, 11) is 0. The Balaban J connectivity index is 1.54. The minimum absolute atomic E-state index is 0.0287. The first kappa shape index (κ1) is 21.1. The Bertz CT molecular complexity index is 1990. The van der Waals surface area contributed by atoms with Crippen LogP contribution in [0.3, 0.4) is 0 Å². The predicted octanol–water partition coefficient (Wildman–Crippen LogP) is 5.59. The fraction of sp³-hybridized carbons (Fsp3) is 0. The Hall–Kier alpha value is -6.22. The van der Waals surface area contributed by atoms with E-state index in [4.69, 9.17) is 26.5 Å². The maximum atomic E-state index is 9.63. The smallest absolute Gasteiger partial charge is 0.245 e. The molecule has 0 radical (unpaired) electrons. The van der Waals surface area contributed by atoms with Crippen LogP contribution in [-0.2, 0) is 0 Å². The molecular formula is C30H10N8. The van der Waals surface area contributed by atoms with Crippen LogP contribution in [0.5, 0.6) is 0 Å². The van der Waals surface area contributed by atoms with Crippen LogP contribution in [0, 0.1) is 40.6 Å². The van der Waals surface area contributed by atoms with E-state index in [1.165, 1.54) is 0 Å². The van der Waals surface area contributed by atoms with Gasteiger partial charge in [0.2, 0.25) is 0 Å². The van der Waals surface area contributed by atoms with Gasteiger partial charge >= 0.3 is 0 Å². The van der Waals surface area contributed by atoms with Crippen LogP contribution in [0.2, 0.25) is 0 Å². The lowest BCUT2D eigenvalue weighted by atomic mass is 10.0. The Morgan fingerprint density at radius 1 is 0.579 bits per heavy atom. The molecule has 0 saturated carbocycles. The van der Waals surface area contributed by atoms with E-state index in [1.54, 1.807) is 6.07 Å². The van der Waals surface area contributed by atoms with Crippen molar-refractivity contribution in [1.82, 2.24) is 19.9 Å². The van der Waals surface area contributed by atoms with Crippen LogP contribution in [-0.4, -0.2) is 19.9 Å². The van der Waals surface area contributed by atoms with Crippen molar-refractivity contribution >= 4 is 33.2 Å². The summed E-state index contributed by atoms with van der Waals surface area (Å²) in [6.45, 7) is 7.52. The zero-order chi connectivity index (χ0) is 26.0. The monoisotopic (exact) mass is 482 g/mol. The summed E-state index contributed by atoms with van der Waals surface area (Å²) >= 11 is 0. The molecule has 5 aromatic rings. The highest BCUT2D eigenvalue weighted by molar-refractivity contribution is 6.06. The van der Waals surface area contributed by atoms with Gasteiger partial charge in [0.05, 0.1) is 57.5 Å². The quantitative estimate of drug-likeness (QED) is 0.157. The molecule has 0 atom stereocenters. The van der Waals surface area contributed by atoms with Gasteiger partial charge in [-0.25, -0.2) is 30.0 Å². The number of fused-ring (bicyclic) bond motifs is 8. The summed E-state index contributed by atoms with van der Waals surface area (Å²) < 4.78 is 0. The van der Waals surface area contributed by atoms with E-state index in [0.717, 1.165) is 22.3 Å². The number of allylic oxidation sites excluding steroid dienone is 2. The Labute approximate surface area is 215 Å². The number of nitriles is 3. The van der Waals surface area contributed by atoms with Gasteiger partial charge < -0.3 is 0 Å². The molecule has 170 valence electrons. The first-order chi connectivity index (χ1) is 18.7. The lowest BCUT2D eigenvalue weighted by Crippen LogP contribution is -1.97. The third-order valence-electron chi connectivity index (χ3n) is 6.75. The van der Waals surface area contributed by atoms with Crippen molar-refractivity contribution < 1.29 is 0 Å². The lowest BCUT2D eigenvalue weighted by molar-refractivity contribution is 1.25. The van der Waals surface area contributed by atoms with E-state index in [0.29, 0.717) is 56.0 Å². The summed E-state index contributed by atoms with van der Waals surface area (Å²) in [6.07, 6.45) is 0. The number of rotatable bonds is 0. The van der Waals surface area contributed by atoms with Crippen LogP contribution < -0.4 is 0 Å². The summed E-state index contributed by atoms with van der Waals surface area (Å²) in [4.78, 5) is 22.9. The zero-order valence-electron chi connectivity index (χ0n) is 19.4. The second-order valence-corrected chi connectivity index (χ2v) is 8.68. The van der Waals surface area contributed by atoms with Crippen LogP contribution in [0.4, 0.5) is 0 Å². The standard InChI is InChI=1S/C30H10N8/c1-34-24(14-33)26-17-7-3-5-9-19(17)28-30(26)38-23-11-22-20(10-21(23)36-28)35-27-18-8-4-2-6-16(18)25(29(27)37-22)15(12-31)13-32/h2-11H/b26-24+.